The highest BCUT2D eigenvalue weighted by atomic mass is 35.5. The van der Waals surface area contributed by atoms with Gasteiger partial charge in [0.15, 0.2) is 5.82 Å². The summed E-state index contributed by atoms with van der Waals surface area (Å²) in [7, 11) is 1.56. The number of rotatable bonds is 6. The number of hydrogen-bond donors (Lipinski definition) is 1. The van der Waals surface area contributed by atoms with Crippen molar-refractivity contribution in [3.63, 3.8) is 0 Å². The maximum Gasteiger partial charge on any atom is 0.318 e. The number of nitrogens with zero attached hydrogens (tertiary/aromatic N) is 3. The van der Waals surface area contributed by atoms with Crippen LogP contribution in [0.1, 0.15) is 32.1 Å². The molecule has 0 unspecified atom stereocenters. The van der Waals surface area contributed by atoms with E-state index in [0.29, 0.717) is 23.6 Å². The zero-order valence-corrected chi connectivity index (χ0v) is 12.1. The lowest BCUT2D eigenvalue weighted by Gasteiger charge is -2.30. The normalized spacial score (nSPS) is 15.7. The van der Waals surface area contributed by atoms with Crippen LogP contribution in [-0.2, 0) is 0 Å². The average molecular weight is 285 g/mol. The van der Waals surface area contributed by atoms with Crippen LogP contribution in [0.3, 0.4) is 0 Å². The van der Waals surface area contributed by atoms with Gasteiger partial charge in [-0.2, -0.15) is 4.98 Å². The van der Waals surface area contributed by atoms with Gasteiger partial charge >= 0.3 is 6.01 Å². The molecule has 0 atom stereocenters. The van der Waals surface area contributed by atoms with E-state index in [9.17, 15) is 0 Å². The van der Waals surface area contributed by atoms with Crippen LogP contribution in [0.25, 0.3) is 0 Å². The van der Waals surface area contributed by atoms with E-state index in [0.717, 1.165) is 18.8 Å². The number of aromatic nitrogens is 2. The van der Waals surface area contributed by atoms with E-state index in [1.807, 2.05) is 0 Å². The Bertz CT molecular complexity index is 410. The molecule has 106 valence electrons. The largest absolute Gasteiger partial charge is 0.467 e. The quantitative estimate of drug-likeness (QED) is 0.868. The summed E-state index contributed by atoms with van der Waals surface area (Å²) >= 11 is 6.25. The van der Waals surface area contributed by atoms with Gasteiger partial charge in [-0.25, -0.2) is 4.98 Å². The Labute approximate surface area is 119 Å². The van der Waals surface area contributed by atoms with Gasteiger partial charge in [-0.3, -0.25) is 0 Å². The monoisotopic (exact) mass is 284 g/mol. The fraction of sp³-hybridized carbons (Fsp3) is 0.692. The van der Waals surface area contributed by atoms with Crippen molar-refractivity contribution in [1.29, 1.82) is 0 Å². The lowest BCUT2D eigenvalue weighted by atomic mass is 10.2. The molecule has 2 rings (SSSR count). The highest BCUT2D eigenvalue weighted by Crippen LogP contribution is 2.32. The van der Waals surface area contributed by atoms with E-state index < -0.39 is 0 Å². The molecule has 1 aromatic heterocycles. The van der Waals surface area contributed by atoms with Gasteiger partial charge in [0, 0.05) is 12.6 Å². The lowest BCUT2D eigenvalue weighted by molar-refractivity contribution is 0.379. The van der Waals surface area contributed by atoms with Gasteiger partial charge in [-0.05, 0) is 25.8 Å². The summed E-state index contributed by atoms with van der Waals surface area (Å²) in [5.74, 6) is 0.772. The highest BCUT2D eigenvalue weighted by Gasteiger charge is 2.25. The van der Waals surface area contributed by atoms with Crippen molar-refractivity contribution >= 4 is 17.4 Å². The topological polar surface area (TPSA) is 64.3 Å². The van der Waals surface area contributed by atoms with Crippen LogP contribution in [0.4, 0.5) is 5.82 Å². The minimum atomic E-state index is 0.357. The molecule has 1 fully saturated rings. The van der Waals surface area contributed by atoms with Crippen molar-refractivity contribution in [2.75, 3.05) is 25.1 Å². The first-order chi connectivity index (χ1) is 9.26. The second-order valence-electron chi connectivity index (χ2n) is 4.80. The number of ether oxygens (including phenoxy) is 1. The smallest absolute Gasteiger partial charge is 0.318 e. The Hall–Kier alpha value is -1.07. The first-order valence-electron chi connectivity index (χ1n) is 6.79. The van der Waals surface area contributed by atoms with Crippen molar-refractivity contribution in [3.05, 3.63) is 11.2 Å². The summed E-state index contributed by atoms with van der Waals surface area (Å²) < 4.78 is 5.09. The first kappa shape index (κ1) is 14.3. The molecule has 0 aromatic carbocycles. The standard InChI is InChI=1S/C13H21ClN4O/c1-19-13-16-9-11(14)12(17-13)18(8-4-7-15)10-5-2-3-6-10/h9-10H,2-8,15H2,1H3. The molecule has 19 heavy (non-hydrogen) atoms. The van der Waals surface area contributed by atoms with E-state index in [2.05, 4.69) is 14.9 Å². The number of methoxy groups -OCH3 is 1. The Morgan fingerprint density at radius 2 is 2.21 bits per heavy atom. The molecule has 0 radical (unpaired) electrons. The van der Waals surface area contributed by atoms with E-state index in [-0.39, 0.29) is 0 Å². The average Bonchev–Trinajstić information content (AvgIpc) is 2.95. The third kappa shape index (κ3) is 3.48. The molecule has 1 aliphatic carbocycles. The van der Waals surface area contributed by atoms with Crippen molar-refractivity contribution < 1.29 is 4.74 Å². The molecule has 0 aliphatic heterocycles. The summed E-state index contributed by atoms with van der Waals surface area (Å²) in [5.41, 5.74) is 5.63. The van der Waals surface area contributed by atoms with E-state index >= 15 is 0 Å². The maximum atomic E-state index is 6.25. The van der Waals surface area contributed by atoms with Crippen molar-refractivity contribution in [1.82, 2.24) is 9.97 Å². The van der Waals surface area contributed by atoms with E-state index in [4.69, 9.17) is 22.1 Å². The Morgan fingerprint density at radius 3 is 2.84 bits per heavy atom. The summed E-state index contributed by atoms with van der Waals surface area (Å²) in [5, 5.41) is 0.574. The third-order valence-electron chi connectivity index (χ3n) is 3.53. The predicted molar refractivity (Wildman–Crippen MR) is 76.9 cm³/mol. The van der Waals surface area contributed by atoms with Gasteiger partial charge in [-0.15, -0.1) is 0 Å². The maximum absolute atomic E-state index is 6.25. The lowest BCUT2D eigenvalue weighted by Crippen LogP contribution is -2.36. The molecule has 1 heterocycles. The molecule has 0 amide bonds. The van der Waals surface area contributed by atoms with Gasteiger partial charge in [0.25, 0.3) is 0 Å². The van der Waals surface area contributed by atoms with E-state index in [1.54, 1.807) is 13.3 Å². The summed E-state index contributed by atoms with van der Waals surface area (Å²) in [6.07, 6.45) is 7.44. The molecule has 2 N–H and O–H groups in total. The first-order valence-corrected chi connectivity index (χ1v) is 7.17. The number of halogens is 1. The van der Waals surface area contributed by atoms with Crippen molar-refractivity contribution in [2.45, 2.75) is 38.1 Å². The number of nitrogens with two attached hydrogens (primary N) is 1. The number of hydrogen-bond acceptors (Lipinski definition) is 5. The van der Waals surface area contributed by atoms with Gasteiger partial charge in [0.05, 0.1) is 13.3 Å². The zero-order valence-electron chi connectivity index (χ0n) is 11.3. The van der Waals surface area contributed by atoms with Crippen LogP contribution in [0.2, 0.25) is 5.02 Å². The van der Waals surface area contributed by atoms with Crippen LogP contribution in [0.5, 0.6) is 6.01 Å². The third-order valence-corrected chi connectivity index (χ3v) is 3.79. The minimum absolute atomic E-state index is 0.357. The van der Waals surface area contributed by atoms with Crippen LogP contribution in [-0.4, -0.2) is 36.2 Å². The fourth-order valence-electron chi connectivity index (χ4n) is 2.58. The Kier molecular flexibility index (Phi) is 5.22. The predicted octanol–water partition coefficient (Wildman–Crippen LogP) is 2.24. The number of anilines is 1. The second kappa shape index (κ2) is 6.91. The zero-order chi connectivity index (χ0) is 13.7. The van der Waals surface area contributed by atoms with Crippen LogP contribution >= 0.6 is 11.6 Å². The van der Waals surface area contributed by atoms with Gasteiger partial charge in [0.2, 0.25) is 0 Å². The van der Waals surface area contributed by atoms with Crippen molar-refractivity contribution in [3.8, 4) is 6.01 Å². The molecular formula is C13H21ClN4O. The second-order valence-corrected chi connectivity index (χ2v) is 5.21. The minimum Gasteiger partial charge on any atom is -0.467 e. The van der Waals surface area contributed by atoms with Crippen LogP contribution in [0, 0.1) is 0 Å². The molecule has 0 bridgehead atoms. The van der Waals surface area contributed by atoms with Crippen LogP contribution in [0.15, 0.2) is 6.20 Å². The summed E-state index contributed by atoms with van der Waals surface area (Å²) in [6.45, 7) is 1.55. The van der Waals surface area contributed by atoms with Crippen molar-refractivity contribution in [2.24, 2.45) is 5.73 Å². The molecule has 5 nitrogen and oxygen atoms in total. The molecule has 6 heteroatoms. The van der Waals surface area contributed by atoms with Gasteiger partial charge in [0.1, 0.15) is 5.02 Å². The Morgan fingerprint density at radius 1 is 1.47 bits per heavy atom. The highest BCUT2D eigenvalue weighted by molar-refractivity contribution is 6.32. The van der Waals surface area contributed by atoms with Gasteiger partial charge < -0.3 is 15.4 Å². The van der Waals surface area contributed by atoms with E-state index in [1.165, 1.54) is 25.7 Å². The molecular weight excluding hydrogens is 264 g/mol. The molecule has 0 spiro atoms. The SMILES string of the molecule is COc1ncc(Cl)c(N(CCCN)C2CCCC2)n1. The fourth-order valence-corrected chi connectivity index (χ4v) is 2.78. The summed E-state index contributed by atoms with van der Waals surface area (Å²) in [4.78, 5) is 10.7. The molecule has 1 aliphatic rings. The van der Waals surface area contributed by atoms with Gasteiger partial charge in [-0.1, -0.05) is 24.4 Å². The molecule has 1 saturated carbocycles. The van der Waals surface area contributed by atoms with Crippen LogP contribution < -0.4 is 15.4 Å². The molecule has 1 aromatic rings. The Balaban J connectivity index is 2.25. The molecule has 0 saturated heterocycles. The summed E-state index contributed by atoms with van der Waals surface area (Å²) in [6, 6.07) is 0.860.